The molecule has 0 radical (unpaired) electrons. The van der Waals surface area contributed by atoms with Crippen molar-refractivity contribution >= 4 is 11.6 Å². The van der Waals surface area contributed by atoms with Crippen molar-refractivity contribution in [3.8, 4) is 0 Å². The average molecular weight is 243 g/mol. The molecule has 0 atom stereocenters. The largest absolute Gasteiger partial charge is 0.347 e. The zero-order valence-corrected chi connectivity index (χ0v) is 9.96. The molecule has 0 saturated carbocycles. The Morgan fingerprint density at radius 3 is 2.83 bits per heavy atom. The quantitative estimate of drug-likeness (QED) is 0.880. The van der Waals surface area contributed by atoms with Gasteiger partial charge < -0.3 is 5.32 Å². The van der Waals surface area contributed by atoms with Crippen molar-refractivity contribution in [2.75, 3.05) is 5.32 Å². The molecule has 0 fully saturated rings. The van der Waals surface area contributed by atoms with Crippen LogP contribution in [0.15, 0.2) is 47.5 Å². The summed E-state index contributed by atoms with van der Waals surface area (Å²) in [4.78, 5) is 26.7. The Labute approximate surface area is 104 Å². The number of carbonyl (C=O) groups is 1. The molecule has 1 heterocycles. The van der Waals surface area contributed by atoms with Crippen LogP contribution in [0.5, 0.6) is 0 Å². The number of amides is 1. The molecule has 0 aliphatic carbocycles. The molecule has 1 amide bonds. The predicted molar refractivity (Wildman–Crippen MR) is 68.3 cm³/mol. The Morgan fingerprint density at radius 1 is 1.33 bits per heavy atom. The normalized spacial score (nSPS) is 10.1. The van der Waals surface area contributed by atoms with Gasteiger partial charge in [-0.15, -0.1) is 0 Å². The maximum atomic E-state index is 11.8. The van der Waals surface area contributed by atoms with Crippen molar-refractivity contribution in [2.24, 2.45) is 0 Å². The highest BCUT2D eigenvalue weighted by Crippen LogP contribution is 2.12. The third kappa shape index (κ3) is 2.82. The molecule has 2 aromatic rings. The second-order valence-corrected chi connectivity index (χ2v) is 3.89. The van der Waals surface area contributed by atoms with E-state index in [9.17, 15) is 9.59 Å². The Morgan fingerprint density at radius 2 is 2.11 bits per heavy atom. The highest BCUT2D eigenvalue weighted by atomic mass is 16.2. The average Bonchev–Trinajstić information content (AvgIpc) is 2.35. The highest BCUT2D eigenvalue weighted by Gasteiger charge is 2.06. The lowest BCUT2D eigenvalue weighted by atomic mass is 10.2. The minimum absolute atomic E-state index is 0.0407. The second-order valence-electron chi connectivity index (χ2n) is 3.89. The van der Waals surface area contributed by atoms with E-state index >= 15 is 0 Å². The molecular weight excluding hydrogens is 230 g/mol. The molecule has 0 bridgehead atoms. The summed E-state index contributed by atoms with van der Waals surface area (Å²) in [5.74, 6) is -0.251. The van der Waals surface area contributed by atoms with Gasteiger partial charge in [0.15, 0.2) is 0 Å². The maximum Gasteiger partial charge on any atom is 0.347 e. The van der Waals surface area contributed by atoms with Gasteiger partial charge in [0, 0.05) is 18.1 Å². The smallest absolute Gasteiger partial charge is 0.324 e. The first-order valence-electron chi connectivity index (χ1n) is 5.54. The molecule has 18 heavy (non-hydrogen) atoms. The van der Waals surface area contributed by atoms with Gasteiger partial charge in [0.25, 0.3) is 0 Å². The topological polar surface area (TPSA) is 64.0 Å². The number of hydrogen-bond acceptors (Lipinski definition) is 3. The zero-order chi connectivity index (χ0) is 13.0. The van der Waals surface area contributed by atoms with Crippen molar-refractivity contribution in [3.05, 3.63) is 58.8 Å². The van der Waals surface area contributed by atoms with Gasteiger partial charge in [-0.3, -0.25) is 9.36 Å². The third-order valence-corrected chi connectivity index (χ3v) is 2.52. The maximum absolute atomic E-state index is 11.8. The molecule has 2 rings (SSSR count). The SMILES string of the molecule is Cc1ccccc1NC(=O)Cn1cccnc1=O. The van der Waals surface area contributed by atoms with E-state index in [1.54, 1.807) is 6.07 Å². The minimum atomic E-state index is -0.433. The van der Waals surface area contributed by atoms with E-state index in [0.717, 1.165) is 11.3 Å². The molecule has 5 heteroatoms. The molecule has 0 saturated heterocycles. The van der Waals surface area contributed by atoms with Gasteiger partial charge in [-0.2, -0.15) is 0 Å². The first-order chi connectivity index (χ1) is 8.66. The number of aryl methyl sites for hydroxylation is 1. The number of benzene rings is 1. The monoisotopic (exact) mass is 243 g/mol. The van der Waals surface area contributed by atoms with Gasteiger partial charge >= 0.3 is 5.69 Å². The lowest BCUT2D eigenvalue weighted by Crippen LogP contribution is -2.28. The summed E-state index contributed by atoms with van der Waals surface area (Å²) < 4.78 is 1.26. The highest BCUT2D eigenvalue weighted by molar-refractivity contribution is 5.91. The van der Waals surface area contributed by atoms with E-state index in [0.29, 0.717) is 0 Å². The van der Waals surface area contributed by atoms with Crippen LogP contribution in [0.2, 0.25) is 0 Å². The van der Waals surface area contributed by atoms with Crippen molar-refractivity contribution < 1.29 is 4.79 Å². The van der Waals surface area contributed by atoms with Crippen molar-refractivity contribution in [2.45, 2.75) is 13.5 Å². The minimum Gasteiger partial charge on any atom is -0.324 e. The molecule has 5 nitrogen and oxygen atoms in total. The van der Waals surface area contributed by atoms with Crippen LogP contribution in [0.25, 0.3) is 0 Å². The number of para-hydroxylation sites is 1. The number of hydrogen-bond donors (Lipinski definition) is 1. The summed E-state index contributed by atoms with van der Waals surface area (Å²) in [6.45, 7) is 1.87. The third-order valence-electron chi connectivity index (χ3n) is 2.52. The standard InChI is InChI=1S/C13H13N3O2/c1-10-5-2-3-6-11(10)15-12(17)9-16-8-4-7-14-13(16)18/h2-8H,9H2,1H3,(H,15,17). The molecule has 1 aromatic carbocycles. The molecule has 0 aliphatic heterocycles. The van der Waals surface area contributed by atoms with E-state index in [1.807, 2.05) is 31.2 Å². The fraction of sp³-hybridized carbons (Fsp3) is 0.154. The number of nitrogens with one attached hydrogen (secondary N) is 1. The Bertz CT molecular complexity index is 619. The molecule has 0 unspecified atom stereocenters. The van der Waals surface area contributed by atoms with Crippen LogP contribution in [0.3, 0.4) is 0 Å². The first kappa shape index (κ1) is 12.0. The molecule has 92 valence electrons. The lowest BCUT2D eigenvalue weighted by molar-refractivity contribution is -0.116. The van der Waals surface area contributed by atoms with Gasteiger partial charge in [0.1, 0.15) is 6.54 Å². The predicted octanol–water partition coefficient (Wildman–Crippen LogP) is 1.19. The van der Waals surface area contributed by atoms with Crippen molar-refractivity contribution in [3.63, 3.8) is 0 Å². The van der Waals surface area contributed by atoms with Crippen molar-refractivity contribution in [1.82, 2.24) is 9.55 Å². The van der Waals surface area contributed by atoms with Crippen molar-refractivity contribution in [1.29, 1.82) is 0 Å². The number of rotatable bonds is 3. The van der Waals surface area contributed by atoms with E-state index < -0.39 is 5.69 Å². The summed E-state index contributed by atoms with van der Waals surface area (Å²) in [7, 11) is 0. The van der Waals surface area contributed by atoms with Crippen LogP contribution >= 0.6 is 0 Å². The van der Waals surface area contributed by atoms with E-state index in [-0.39, 0.29) is 12.5 Å². The summed E-state index contributed by atoms with van der Waals surface area (Å²) in [5.41, 5.74) is 1.29. The summed E-state index contributed by atoms with van der Waals surface area (Å²) >= 11 is 0. The Balaban J connectivity index is 2.09. The fourth-order valence-corrected chi connectivity index (χ4v) is 1.57. The summed E-state index contributed by atoms with van der Waals surface area (Å²) in [6.07, 6.45) is 2.94. The van der Waals surface area contributed by atoms with Gasteiger partial charge in [0.2, 0.25) is 5.91 Å². The number of aromatic nitrogens is 2. The first-order valence-corrected chi connectivity index (χ1v) is 5.54. The van der Waals surface area contributed by atoms with Gasteiger partial charge in [-0.25, -0.2) is 9.78 Å². The second kappa shape index (κ2) is 5.27. The van der Waals surface area contributed by atoms with E-state index in [4.69, 9.17) is 0 Å². The lowest BCUT2D eigenvalue weighted by Gasteiger charge is -2.08. The Kier molecular flexibility index (Phi) is 3.52. The van der Waals surface area contributed by atoms with Crippen LogP contribution < -0.4 is 11.0 Å². The van der Waals surface area contributed by atoms with Gasteiger partial charge in [-0.1, -0.05) is 18.2 Å². The molecule has 1 aromatic heterocycles. The van der Waals surface area contributed by atoms with E-state index in [1.165, 1.54) is 17.0 Å². The number of anilines is 1. The molecule has 1 N–H and O–H groups in total. The van der Waals surface area contributed by atoms with Gasteiger partial charge in [0.05, 0.1) is 0 Å². The summed E-state index contributed by atoms with van der Waals surface area (Å²) in [6, 6.07) is 9.09. The zero-order valence-electron chi connectivity index (χ0n) is 9.96. The Hall–Kier alpha value is -2.43. The van der Waals surface area contributed by atoms with Crippen LogP contribution in [0, 0.1) is 6.92 Å². The molecular formula is C13H13N3O2. The van der Waals surface area contributed by atoms with Crippen LogP contribution in [0.4, 0.5) is 5.69 Å². The number of nitrogens with zero attached hydrogens (tertiary/aromatic N) is 2. The summed E-state index contributed by atoms with van der Waals surface area (Å²) in [5, 5.41) is 2.76. The van der Waals surface area contributed by atoms with Gasteiger partial charge in [-0.05, 0) is 24.6 Å². The van der Waals surface area contributed by atoms with Crippen LogP contribution in [-0.4, -0.2) is 15.5 Å². The van der Waals surface area contributed by atoms with Crippen LogP contribution in [-0.2, 0) is 11.3 Å². The van der Waals surface area contributed by atoms with E-state index in [2.05, 4.69) is 10.3 Å². The molecule has 0 spiro atoms. The number of carbonyl (C=O) groups excluding carboxylic acids is 1. The fourth-order valence-electron chi connectivity index (χ4n) is 1.57. The van der Waals surface area contributed by atoms with Crippen LogP contribution in [0.1, 0.15) is 5.56 Å². The molecule has 0 aliphatic rings.